The van der Waals surface area contributed by atoms with Crippen molar-refractivity contribution >= 4 is 37.4 Å². The van der Waals surface area contributed by atoms with E-state index in [0.29, 0.717) is 12.1 Å². The SMILES string of the molecule is CC(=O)Nc1ccc(S(=O)(=O)N2Cc3ccccc3C[C@@H]2C(=O)N[C@@H]2CCS(=O)(=O)C2)cc1. The Hall–Kier alpha value is -2.76. The number of nitrogens with zero attached hydrogens (tertiary/aromatic N) is 1. The molecule has 0 unspecified atom stereocenters. The van der Waals surface area contributed by atoms with Crippen molar-refractivity contribution < 1.29 is 26.4 Å². The molecule has 2 heterocycles. The maximum atomic E-state index is 13.5. The Labute approximate surface area is 193 Å². The number of hydrogen-bond donors (Lipinski definition) is 2. The summed E-state index contributed by atoms with van der Waals surface area (Å²) in [5, 5.41) is 5.34. The van der Waals surface area contributed by atoms with Gasteiger partial charge in [-0.25, -0.2) is 16.8 Å². The molecule has 0 aliphatic carbocycles. The molecule has 33 heavy (non-hydrogen) atoms. The minimum Gasteiger partial charge on any atom is -0.351 e. The van der Waals surface area contributed by atoms with Gasteiger partial charge < -0.3 is 10.6 Å². The number of rotatable bonds is 5. The third kappa shape index (κ3) is 5.10. The summed E-state index contributed by atoms with van der Waals surface area (Å²) >= 11 is 0. The smallest absolute Gasteiger partial charge is 0.244 e. The van der Waals surface area contributed by atoms with Gasteiger partial charge in [-0.1, -0.05) is 24.3 Å². The number of benzene rings is 2. The predicted molar refractivity (Wildman–Crippen MR) is 123 cm³/mol. The number of amides is 2. The van der Waals surface area contributed by atoms with Crippen LogP contribution in [0.4, 0.5) is 5.69 Å². The van der Waals surface area contributed by atoms with Crippen LogP contribution in [-0.4, -0.2) is 56.5 Å². The number of sulfone groups is 1. The van der Waals surface area contributed by atoms with E-state index in [4.69, 9.17) is 0 Å². The molecule has 1 saturated heterocycles. The summed E-state index contributed by atoms with van der Waals surface area (Å²) in [5.74, 6) is -0.915. The molecule has 4 rings (SSSR count). The largest absolute Gasteiger partial charge is 0.351 e. The summed E-state index contributed by atoms with van der Waals surface area (Å²) in [7, 11) is -7.25. The molecule has 0 radical (unpaired) electrons. The van der Waals surface area contributed by atoms with Crippen molar-refractivity contribution in [2.45, 2.75) is 43.3 Å². The number of carbonyl (C=O) groups excluding carboxylic acids is 2. The summed E-state index contributed by atoms with van der Waals surface area (Å²) in [4.78, 5) is 24.4. The standard InChI is InChI=1S/C22H25N3O6S2/c1-15(26)23-18-6-8-20(9-7-18)33(30,31)25-13-17-5-3-2-4-16(17)12-21(25)22(27)24-19-10-11-32(28,29)14-19/h2-9,19,21H,10-14H2,1H3,(H,23,26)(H,24,27)/t19-,21-/m1/s1. The molecule has 2 N–H and O–H groups in total. The summed E-state index contributed by atoms with van der Waals surface area (Å²) in [6.45, 7) is 1.38. The zero-order chi connectivity index (χ0) is 23.8. The van der Waals surface area contributed by atoms with Gasteiger partial charge in [0.25, 0.3) is 0 Å². The molecule has 0 aromatic heterocycles. The second-order valence-corrected chi connectivity index (χ2v) is 12.5. The number of anilines is 1. The number of nitrogens with one attached hydrogen (secondary N) is 2. The van der Waals surface area contributed by atoms with Gasteiger partial charge in [-0.2, -0.15) is 4.31 Å². The van der Waals surface area contributed by atoms with Crippen LogP contribution in [0.5, 0.6) is 0 Å². The van der Waals surface area contributed by atoms with Gasteiger partial charge in [0.2, 0.25) is 21.8 Å². The van der Waals surface area contributed by atoms with Crippen molar-refractivity contribution in [1.82, 2.24) is 9.62 Å². The van der Waals surface area contributed by atoms with Gasteiger partial charge in [0, 0.05) is 25.2 Å². The lowest BCUT2D eigenvalue weighted by molar-refractivity contribution is -0.125. The van der Waals surface area contributed by atoms with Crippen LogP contribution in [0.2, 0.25) is 0 Å². The molecule has 0 spiro atoms. The topological polar surface area (TPSA) is 130 Å². The van der Waals surface area contributed by atoms with Crippen LogP contribution in [0.1, 0.15) is 24.5 Å². The molecule has 2 atom stereocenters. The highest BCUT2D eigenvalue weighted by Gasteiger charge is 2.41. The van der Waals surface area contributed by atoms with Crippen molar-refractivity contribution in [2.24, 2.45) is 0 Å². The Bertz CT molecular complexity index is 1290. The highest BCUT2D eigenvalue weighted by atomic mass is 32.2. The zero-order valence-electron chi connectivity index (χ0n) is 18.0. The molecule has 2 amide bonds. The summed E-state index contributed by atoms with van der Waals surface area (Å²) < 4.78 is 51.8. The first-order valence-electron chi connectivity index (χ1n) is 10.5. The molecular weight excluding hydrogens is 466 g/mol. The summed E-state index contributed by atoms with van der Waals surface area (Å²) in [5.41, 5.74) is 2.15. The number of sulfonamides is 1. The second kappa shape index (κ2) is 8.88. The fraction of sp³-hybridized carbons (Fsp3) is 0.364. The van der Waals surface area contributed by atoms with Gasteiger partial charge in [-0.3, -0.25) is 9.59 Å². The van der Waals surface area contributed by atoms with E-state index >= 15 is 0 Å². The normalized spacial score (nSPS) is 22.3. The monoisotopic (exact) mass is 491 g/mol. The second-order valence-electron chi connectivity index (χ2n) is 8.35. The maximum absolute atomic E-state index is 13.5. The van der Waals surface area contributed by atoms with Gasteiger partial charge in [0.05, 0.1) is 16.4 Å². The van der Waals surface area contributed by atoms with Gasteiger partial charge >= 0.3 is 0 Å². The van der Waals surface area contributed by atoms with E-state index in [1.165, 1.54) is 35.5 Å². The molecule has 11 heteroatoms. The Morgan fingerprint density at radius 1 is 1.03 bits per heavy atom. The first-order valence-corrected chi connectivity index (χ1v) is 13.8. The van der Waals surface area contributed by atoms with E-state index in [1.54, 1.807) is 0 Å². The van der Waals surface area contributed by atoms with Crippen molar-refractivity contribution in [3.8, 4) is 0 Å². The summed E-state index contributed by atoms with van der Waals surface area (Å²) in [6, 6.07) is 11.6. The van der Waals surface area contributed by atoms with Crippen molar-refractivity contribution in [3.63, 3.8) is 0 Å². The van der Waals surface area contributed by atoms with Crippen molar-refractivity contribution in [2.75, 3.05) is 16.8 Å². The quantitative estimate of drug-likeness (QED) is 0.644. The lowest BCUT2D eigenvalue weighted by Crippen LogP contribution is -2.54. The van der Waals surface area contributed by atoms with Crippen molar-refractivity contribution in [3.05, 3.63) is 59.7 Å². The average molecular weight is 492 g/mol. The minimum absolute atomic E-state index is 0.00257. The molecule has 2 aromatic rings. The zero-order valence-corrected chi connectivity index (χ0v) is 19.7. The minimum atomic E-state index is -4.06. The number of carbonyl (C=O) groups is 2. The molecule has 0 saturated carbocycles. The Kier molecular flexibility index (Phi) is 6.30. The summed E-state index contributed by atoms with van der Waals surface area (Å²) in [6.07, 6.45) is 0.499. The molecule has 2 aliphatic rings. The highest BCUT2D eigenvalue weighted by molar-refractivity contribution is 7.91. The number of hydrogen-bond acceptors (Lipinski definition) is 6. The third-order valence-corrected chi connectivity index (χ3v) is 9.51. The Morgan fingerprint density at radius 3 is 2.30 bits per heavy atom. The van der Waals surface area contributed by atoms with Crippen LogP contribution < -0.4 is 10.6 Å². The molecule has 0 bridgehead atoms. The lowest BCUT2D eigenvalue weighted by Gasteiger charge is -2.35. The molecule has 2 aliphatic heterocycles. The Balaban J connectivity index is 1.64. The van der Waals surface area contributed by atoms with Crippen LogP contribution in [0.3, 0.4) is 0 Å². The fourth-order valence-electron chi connectivity index (χ4n) is 4.23. The van der Waals surface area contributed by atoms with E-state index in [9.17, 15) is 26.4 Å². The van der Waals surface area contributed by atoms with E-state index in [1.807, 2.05) is 24.3 Å². The fourth-order valence-corrected chi connectivity index (χ4v) is 7.47. The van der Waals surface area contributed by atoms with Gasteiger partial charge in [0.15, 0.2) is 9.84 Å². The van der Waals surface area contributed by atoms with Gasteiger partial charge in [-0.05, 0) is 48.2 Å². The number of fused-ring (bicyclic) bond motifs is 1. The third-order valence-electron chi connectivity index (χ3n) is 5.87. The molecule has 1 fully saturated rings. The van der Waals surface area contributed by atoms with Crippen LogP contribution >= 0.6 is 0 Å². The first kappa shape index (κ1) is 23.4. The van der Waals surface area contributed by atoms with Crippen LogP contribution in [0.15, 0.2) is 53.4 Å². The first-order chi connectivity index (χ1) is 15.5. The van der Waals surface area contributed by atoms with Crippen LogP contribution in [-0.2, 0) is 42.4 Å². The molecule has 9 nitrogen and oxygen atoms in total. The average Bonchev–Trinajstić information content (AvgIpc) is 3.10. The lowest BCUT2D eigenvalue weighted by atomic mass is 9.95. The van der Waals surface area contributed by atoms with E-state index < -0.39 is 37.9 Å². The maximum Gasteiger partial charge on any atom is 0.244 e. The predicted octanol–water partition coefficient (Wildman–Crippen LogP) is 1.06. The van der Waals surface area contributed by atoms with E-state index in [-0.39, 0.29) is 35.3 Å². The molecule has 2 aromatic carbocycles. The highest BCUT2D eigenvalue weighted by Crippen LogP contribution is 2.30. The van der Waals surface area contributed by atoms with Crippen molar-refractivity contribution in [1.29, 1.82) is 0 Å². The van der Waals surface area contributed by atoms with Gasteiger partial charge in [-0.15, -0.1) is 0 Å². The molecular formula is C22H25N3O6S2. The van der Waals surface area contributed by atoms with Crippen LogP contribution in [0, 0.1) is 0 Å². The Morgan fingerprint density at radius 2 is 1.70 bits per heavy atom. The van der Waals surface area contributed by atoms with E-state index in [0.717, 1.165) is 11.1 Å². The van der Waals surface area contributed by atoms with E-state index in [2.05, 4.69) is 10.6 Å². The molecule has 176 valence electrons. The van der Waals surface area contributed by atoms with Crippen LogP contribution in [0.25, 0.3) is 0 Å². The van der Waals surface area contributed by atoms with Gasteiger partial charge in [0.1, 0.15) is 6.04 Å².